The van der Waals surface area contributed by atoms with Crippen molar-refractivity contribution in [3.63, 3.8) is 0 Å². The Balaban J connectivity index is 1.65. The predicted octanol–water partition coefficient (Wildman–Crippen LogP) is 2.22. The van der Waals surface area contributed by atoms with Gasteiger partial charge in [0.05, 0.1) is 19.1 Å². The Bertz CT molecular complexity index is 927. The Labute approximate surface area is 157 Å². The van der Waals surface area contributed by atoms with Crippen molar-refractivity contribution in [1.29, 1.82) is 0 Å². The molecule has 8 nitrogen and oxygen atoms in total. The van der Waals surface area contributed by atoms with Crippen LogP contribution in [0.4, 0.5) is 11.4 Å². The first-order valence-electron chi connectivity index (χ1n) is 8.18. The molecule has 9 heteroatoms. The van der Waals surface area contributed by atoms with Gasteiger partial charge in [-0.1, -0.05) is 0 Å². The molecular formula is C18H20N2O6S. The molecule has 1 aliphatic heterocycles. The monoisotopic (exact) mass is 392 g/mol. The Morgan fingerprint density at radius 1 is 1.15 bits per heavy atom. The van der Waals surface area contributed by atoms with Crippen LogP contribution in [0.5, 0.6) is 17.2 Å². The number of nitrogens with zero attached hydrogens (tertiary/aromatic N) is 1. The molecule has 0 aromatic heterocycles. The van der Waals surface area contributed by atoms with Gasteiger partial charge in [-0.25, -0.2) is 8.42 Å². The minimum Gasteiger partial charge on any atom is -0.497 e. The SMILES string of the molecule is COc1ccc(N(CCC(=O)Nc2ccc3c(c2)OCO3)S(C)(=O)=O)cc1. The van der Waals surface area contributed by atoms with E-state index in [2.05, 4.69) is 5.32 Å². The third-order valence-corrected chi connectivity index (χ3v) is 5.15. The Hall–Kier alpha value is -2.94. The van der Waals surface area contributed by atoms with Crippen molar-refractivity contribution in [3.05, 3.63) is 42.5 Å². The van der Waals surface area contributed by atoms with E-state index in [1.807, 2.05) is 0 Å². The third-order valence-electron chi connectivity index (χ3n) is 3.96. The number of carbonyl (C=O) groups excluding carboxylic acids is 1. The summed E-state index contributed by atoms with van der Waals surface area (Å²) in [5.74, 6) is 1.49. The number of anilines is 2. The van der Waals surface area contributed by atoms with E-state index < -0.39 is 10.0 Å². The highest BCUT2D eigenvalue weighted by molar-refractivity contribution is 7.92. The maximum Gasteiger partial charge on any atom is 0.232 e. The second-order valence-electron chi connectivity index (χ2n) is 5.90. The minimum absolute atomic E-state index is 0.00641. The van der Waals surface area contributed by atoms with Gasteiger partial charge in [0, 0.05) is 24.7 Å². The lowest BCUT2D eigenvalue weighted by atomic mass is 10.2. The lowest BCUT2D eigenvalue weighted by molar-refractivity contribution is -0.116. The summed E-state index contributed by atoms with van der Waals surface area (Å²) in [4.78, 5) is 12.3. The fourth-order valence-corrected chi connectivity index (χ4v) is 3.56. The van der Waals surface area contributed by atoms with E-state index in [1.54, 1.807) is 42.5 Å². The van der Waals surface area contributed by atoms with E-state index in [0.717, 1.165) is 6.26 Å². The molecule has 0 radical (unpaired) electrons. The van der Waals surface area contributed by atoms with Crippen molar-refractivity contribution < 1.29 is 27.4 Å². The standard InChI is InChI=1S/C18H20N2O6S/c1-24-15-6-4-14(5-7-15)20(27(2,22)23)10-9-18(21)19-13-3-8-16-17(11-13)26-12-25-16/h3-8,11H,9-10,12H2,1-2H3,(H,19,21). The number of nitrogens with one attached hydrogen (secondary N) is 1. The summed E-state index contributed by atoms with van der Waals surface area (Å²) in [5, 5.41) is 2.73. The molecule has 0 fully saturated rings. The van der Waals surface area contributed by atoms with Crippen molar-refractivity contribution >= 4 is 27.3 Å². The number of fused-ring (bicyclic) bond motifs is 1. The van der Waals surface area contributed by atoms with E-state index >= 15 is 0 Å². The third kappa shape index (κ3) is 4.62. The molecular weight excluding hydrogens is 372 g/mol. The largest absolute Gasteiger partial charge is 0.497 e. The highest BCUT2D eigenvalue weighted by Crippen LogP contribution is 2.34. The predicted molar refractivity (Wildman–Crippen MR) is 101 cm³/mol. The van der Waals surface area contributed by atoms with Crippen LogP contribution in [-0.2, 0) is 14.8 Å². The number of ether oxygens (including phenoxy) is 3. The molecule has 0 saturated heterocycles. The molecule has 0 unspecified atom stereocenters. The van der Waals surface area contributed by atoms with Crippen LogP contribution < -0.4 is 23.8 Å². The lowest BCUT2D eigenvalue weighted by Crippen LogP contribution is -2.33. The van der Waals surface area contributed by atoms with E-state index in [1.165, 1.54) is 11.4 Å². The summed E-state index contributed by atoms with van der Waals surface area (Å²) in [6.45, 7) is 0.166. The molecule has 0 bridgehead atoms. The summed E-state index contributed by atoms with van der Waals surface area (Å²) >= 11 is 0. The summed E-state index contributed by atoms with van der Waals surface area (Å²) in [7, 11) is -2.01. The smallest absolute Gasteiger partial charge is 0.232 e. The average molecular weight is 392 g/mol. The van der Waals surface area contributed by atoms with Crippen LogP contribution in [-0.4, -0.2) is 41.0 Å². The minimum atomic E-state index is -3.54. The van der Waals surface area contributed by atoms with E-state index in [-0.39, 0.29) is 25.7 Å². The molecule has 0 saturated carbocycles. The van der Waals surface area contributed by atoms with Crippen LogP contribution in [0.25, 0.3) is 0 Å². The molecule has 3 rings (SSSR count). The first-order chi connectivity index (χ1) is 12.9. The zero-order valence-electron chi connectivity index (χ0n) is 15.0. The zero-order chi connectivity index (χ0) is 19.4. The van der Waals surface area contributed by atoms with E-state index in [9.17, 15) is 13.2 Å². The number of sulfonamides is 1. The normalized spacial score (nSPS) is 12.5. The average Bonchev–Trinajstić information content (AvgIpc) is 3.09. The fourth-order valence-electron chi connectivity index (χ4n) is 2.64. The van der Waals surface area contributed by atoms with Crippen molar-refractivity contribution in [2.24, 2.45) is 0 Å². The molecule has 1 amide bonds. The van der Waals surface area contributed by atoms with Gasteiger partial charge in [-0.05, 0) is 36.4 Å². The maximum absolute atomic E-state index is 12.3. The van der Waals surface area contributed by atoms with Gasteiger partial charge in [-0.2, -0.15) is 0 Å². The van der Waals surface area contributed by atoms with Crippen LogP contribution in [0.15, 0.2) is 42.5 Å². The van der Waals surface area contributed by atoms with E-state index in [0.29, 0.717) is 28.6 Å². The Morgan fingerprint density at radius 3 is 2.52 bits per heavy atom. The van der Waals surface area contributed by atoms with Crippen molar-refractivity contribution in [2.45, 2.75) is 6.42 Å². The van der Waals surface area contributed by atoms with Crippen molar-refractivity contribution in [2.75, 3.05) is 36.3 Å². The first kappa shape index (κ1) is 18.8. The lowest BCUT2D eigenvalue weighted by Gasteiger charge is -2.22. The van der Waals surface area contributed by atoms with E-state index in [4.69, 9.17) is 14.2 Å². The Kier molecular flexibility index (Phi) is 5.41. The fraction of sp³-hybridized carbons (Fsp3) is 0.278. The first-order valence-corrected chi connectivity index (χ1v) is 10.0. The molecule has 2 aromatic rings. The number of rotatable bonds is 7. The number of hydrogen-bond donors (Lipinski definition) is 1. The number of methoxy groups -OCH3 is 1. The van der Waals surface area contributed by atoms with Crippen LogP contribution >= 0.6 is 0 Å². The van der Waals surface area contributed by atoms with Gasteiger partial charge < -0.3 is 19.5 Å². The summed E-state index contributed by atoms with van der Waals surface area (Å²) in [6, 6.07) is 11.7. The maximum atomic E-state index is 12.3. The highest BCUT2D eigenvalue weighted by Gasteiger charge is 2.19. The second-order valence-corrected chi connectivity index (χ2v) is 7.81. The van der Waals surface area contributed by atoms with Crippen molar-refractivity contribution in [1.82, 2.24) is 0 Å². The van der Waals surface area contributed by atoms with Crippen LogP contribution in [0.2, 0.25) is 0 Å². The number of benzene rings is 2. The van der Waals surface area contributed by atoms with Gasteiger partial charge in [-0.3, -0.25) is 9.10 Å². The van der Waals surface area contributed by atoms with Crippen LogP contribution in [0, 0.1) is 0 Å². The quantitative estimate of drug-likeness (QED) is 0.777. The molecule has 1 aliphatic rings. The summed E-state index contributed by atoms with van der Waals surface area (Å²) < 4.78 is 41.0. The van der Waals surface area contributed by atoms with Gasteiger partial charge in [0.1, 0.15) is 5.75 Å². The molecule has 0 atom stereocenters. The van der Waals surface area contributed by atoms with Gasteiger partial charge in [-0.15, -0.1) is 0 Å². The van der Waals surface area contributed by atoms with Gasteiger partial charge in [0.25, 0.3) is 0 Å². The molecule has 144 valence electrons. The van der Waals surface area contributed by atoms with Crippen LogP contribution in [0.1, 0.15) is 6.42 Å². The zero-order valence-corrected chi connectivity index (χ0v) is 15.8. The Morgan fingerprint density at radius 2 is 1.85 bits per heavy atom. The van der Waals surface area contributed by atoms with Gasteiger partial charge in [0.15, 0.2) is 11.5 Å². The number of hydrogen-bond acceptors (Lipinski definition) is 6. The molecule has 2 aromatic carbocycles. The summed E-state index contributed by atoms with van der Waals surface area (Å²) in [5.41, 5.74) is 1.02. The summed E-state index contributed by atoms with van der Waals surface area (Å²) in [6.07, 6.45) is 1.10. The highest BCUT2D eigenvalue weighted by atomic mass is 32.2. The molecule has 1 N–H and O–H groups in total. The second kappa shape index (κ2) is 7.75. The number of carbonyl (C=O) groups is 1. The topological polar surface area (TPSA) is 94.2 Å². The molecule has 0 spiro atoms. The van der Waals surface area contributed by atoms with Gasteiger partial charge in [0.2, 0.25) is 22.7 Å². The molecule has 1 heterocycles. The number of amides is 1. The van der Waals surface area contributed by atoms with Crippen LogP contribution in [0.3, 0.4) is 0 Å². The molecule has 0 aliphatic carbocycles. The van der Waals surface area contributed by atoms with Gasteiger partial charge >= 0.3 is 0 Å². The molecule has 27 heavy (non-hydrogen) atoms. The van der Waals surface area contributed by atoms with Crippen molar-refractivity contribution in [3.8, 4) is 17.2 Å².